The van der Waals surface area contributed by atoms with E-state index < -0.39 is 11.9 Å². The Balaban J connectivity index is 0.000000184. The quantitative estimate of drug-likeness (QED) is 0.0666. The van der Waals surface area contributed by atoms with E-state index >= 15 is 0 Å². The van der Waals surface area contributed by atoms with Crippen LogP contribution in [0.3, 0.4) is 0 Å². The monoisotopic (exact) mass is 718 g/mol. The molecule has 0 aliphatic heterocycles. The van der Waals surface area contributed by atoms with Gasteiger partial charge in [-0.1, -0.05) is 91.0 Å². The summed E-state index contributed by atoms with van der Waals surface area (Å²) < 4.78 is 0. The fraction of sp³-hybridized carbons (Fsp3) is 0.152. The van der Waals surface area contributed by atoms with E-state index in [1.54, 1.807) is 26.0 Å². The molecule has 272 valence electrons. The van der Waals surface area contributed by atoms with Crippen molar-refractivity contribution in [3.05, 3.63) is 183 Å². The molecular formula is C46H42N2O6. The van der Waals surface area contributed by atoms with Crippen molar-refractivity contribution in [3.63, 3.8) is 0 Å². The standard InChI is InChI=1S/C26H21N.C20H21NO6/c1-27-21-17-15-20(16-18-21)26(19-9-3-2-4-10-19)24-13-7-5-11-22(24)23-12-6-8-14-25(23)26;1-10-5-16(12(3)22)13(9-27-26)7-14(10)15-8-18(20(24)25)17(6-11(15)2)19(23)21-4/h2-18,27H,1H3;5-8,26H,9H2,1-4H3,(H,21,23)(H,24,25). The van der Waals surface area contributed by atoms with Crippen molar-refractivity contribution in [2.24, 2.45) is 0 Å². The van der Waals surface area contributed by atoms with E-state index in [1.165, 1.54) is 59.5 Å². The summed E-state index contributed by atoms with van der Waals surface area (Å²) in [5.41, 5.74) is 12.4. The average molecular weight is 719 g/mol. The van der Waals surface area contributed by atoms with Gasteiger partial charge >= 0.3 is 5.97 Å². The fourth-order valence-corrected chi connectivity index (χ4v) is 7.66. The summed E-state index contributed by atoms with van der Waals surface area (Å²) in [6.07, 6.45) is 0. The number of carbonyl (C=O) groups is 3. The van der Waals surface area contributed by atoms with E-state index in [0.717, 1.165) is 11.3 Å². The molecule has 8 heteroatoms. The topological polar surface area (TPSA) is 125 Å². The van der Waals surface area contributed by atoms with Crippen molar-refractivity contribution in [3.8, 4) is 22.3 Å². The van der Waals surface area contributed by atoms with E-state index in [2.05, 4.69) is 119 Å². The van der Waals surface area contributed by atoms with E-state index in [1.807, 2.05) is 7.05 Å². The molecule has 1 aliphatic rings. The highest BCUT2D eigenvalue weighted by molar-refractivity contribution is 6.06. The van der Waals surface area contributed by atoms with Crippen LogP contribution in [-0.4, -0.2) is 42.1 Å². The van der Waals surface area contributed by atoms with Crippen molar-refractivity contribution in [2.45, 2.75) is 32.8 Å². The smallest absolute Gasteiger partial charge is 0.336 e. The molecule has 54 heavy (non-hydrogen) atoms. The third kappa shape index (κ3) is 6.69. The normalized spacial score (nSPS) is 12.1. The van der Waals surface area contributed by atoms with Crippen LogP contribution in [0, 0.1) is 13.8 Å². The number of hydrogen-bond acceptors (Lipinski definition) is 6. The summed E-state index contributed by atoms with van der Waals surface area (Å²) >= 11 is 0. The van der Waals surface area contributed by atoms with Gasteiger partial charge in [-0.05, 0) is 118 Å². The van der Waals surface area contributed by atoms with Gasteiger partial charge < -0.3 is 15.7 Å². The van der Waals surface area contributed by atoms with E-state index in [4.69, 9.17) is 5.26 Å². The van der Waals surface area contributed by atoms with Crippen molar-refractivity contribution in [2.75, 3.05) is 19.4 Å². The molecule has 0 bridgehead atoms. The molecule has 0 saturated carbocycles. The van der Waals surface area contributed by atoms with Gasteiger partial charge in [0.15, 0.2) is 5.78 Å². The van der Waals surface area contributed by atoms with Crippen LogP contribution >= 0.6 is 0 Å². The number of nitrogens with one attached hydrogen (secondary N) is 2. The van der Waals surface area contributed by atoms with Gasteiger partial charge in [0.1, 0.15) is 6.61 Å². The highest BCUT2D eigenvalue weighted by Gasteiger charge is 2.45. The molecule has 0 heterocycles. The number of carboxylic acid groups (broad SMARTS) is 1. The van der Waals surface area contributed by atoms with Crippen molar-refractivity contribution in [1.82, 2.24) is 5.32 Å². The van der Waals surface area contributed by atoms with Gasteiger partial charge in [-0.15, -0.1) is 0 Å². The van der Waals surface area contributed by atoms with Crippen LogP contribution in [0.1, 0.15) is 76.9 Å². The van der Waals surface area contributed by atoms with Crippen molar-refractivity contribution in [1.29, 1.82) is 0 Å². The van der Waals surface area contributed by atoms with E-state index in [9.17, 15) is 19.5 Å². The Morgan fingerprint density at radius 2 is 1.15 bits per heavy atom. The van der Waals surface area contributed by atoms with Gasteiger partial charge in [-0.3, -0.25) is 14.8 Å². The summed E-state index contributed by atoms with van der Waals surface area (Å²) in [7, 11) is 3.39. The summed E-state index contributed by atoms with van der Waals surface area (Å²) in [6, 6.07) is 43.8. The molecule has 0 saturated heterocycles. The van der Waals surface area contributed by atoms with Gasteiger partial charge in [0.25, 0.3) is 5.91 Å². The molecule has 4 N–H and O–H groups in total. The van der Waals surface area contributed by atoms with Crippen LogP contribution in [0.2, 0.25) is 0 Å². The first kappa shape index (κ1) is 37.4. The summed E-state index contributed by atoms with van der Waals surface area (Å²) in [4.78, 5) is 39.7. The van der Waals surface area contributed by atoms with Gasteiger partial charge in [-0.25, -0.2) is 9.68 Å². The van der Waals surface area contributed by atoms with Crippen LogP contribution in [0.4, 0.5) is 5.69 Å². The minimum Gasteiger partial charge on any atom is -0.478 e. The van der Waals surface area contributed by atoms with Crippen LogP contribution < -0.4 is 10.6 Å². The zero-order valence-electron chi connectivity index (χ0n) is 30.9. The third-order valence-electron chi connectivity index (χ3n) is 10.2. The molecule has 1 aliphatic carbocycles. The summed E-state index contributed by atoms with van der Waals surface area (Å²) in [5.74, 6) is -1.87. The Kier molecular flexibility index (Phi) is 10.9. The van der Waals surface area contributed by atoms with Gasteiger partial charge in [0.2, 0.25) is 0 Å². The number of hydrogen-bond donors (Lipinski definition) is 4. The second-order valence-electron chi connectivity index (χ2n) is 13.3. The molecule has 6 aromatic rings. The molecule has 0 spiro atoms. The second kappa shape index (κ2) is 15.7. The molecule has 0 unspecified atom stereocenters. The number of carbonyl (C=O) groups excluding carboxylic acids is 2. The SMILES string of the molecule is CNC(=O)c1cc(C)c(-c2cc(COO)c(C(C)=O)cc2C)cc1C(=O)O.CNc1ccc(C2(c3ccccc3)c3ccccc3-c3ccccc32)cc1. The number of anilines is 1. The Hall–Kier alpha value is -6.35. The maximum Gasteiger partial charge on any atom is 0.336 e. The maximum atomic E-state index is 12.0. The molecule has 1 amide bonds. The van der Waals surface area contributed by atoms with Crippen LogP contribution in [0.15, 0.2) is 127 Å². The lowest BCUT2D eigenvalue weighted by Gasteiger charge is -2.34. The lowest BCUT2D eigenvalue weighted by atomic mass is 9.68. The minimum atomic E-state index is -1.22. The predicted octanol–water partition coefficient (Wildman–Crippen LogP) is 9.31. The largest absolute Gasteiger partial charge is 0.478 e. The predicted molar refractivity (Wildman–Crippen MR) is 212 cm³/mol. The number of ketones is 1. The number of rotatable bonds is 9. The lowest BCUT2D eigenvalue weighted by molar-refractivity contribution is -0.253. The first-order chi connectivity index (χ1) is 26.1. The van der Waals surface area contributed by atoms with Gasteiger partial charge in [0.05, 0.1) is 16.5 Å². The number of aromatic carboxylic acids is 1. The zero-order valence-corrected chi connectivity index (χ0v) is 30.9. The number of fused-ring (bicyclic) bond motifs is 3. The molecule has 8 nitrogen and oxygen atoms in total. The Morgan fingerprint density at radius 1 is 0.630 bits per heavy atom. The number of Topliss-reactive ketones (excluding diaryl/α,β-unsaturated/α-hetero) is 1. The van der Waals surface area contributed by atoms with Gasteiger partial charge in [0, 0.05) is 25.3 Å². The van der Waals surface area contributed by atoms with Crippen LogP contribution in [0.5, 0.6) is 0 Å². The summed E-state index contributed by atoms with van der Waals surface area (Å²) in [6.45, 7) is 4.82. The maximum absolute atomic E-state index is 12.0. The fourth-order valence-electron chi connectivity index (χ4n) is 7.66. The first-order valence-electron chi connectivity index (χ1n) is 17.6. The molecule has 0 radical (unpaired) electrons. The minimum absolute atomic E-state index is 0.0724. The highest BCUT2D eigenvalue weighted by Crippen LogP contribution is 2.55. The summed E-state index contributed by atoms with van der Waals surface area (Å²) in [5, 5.41) is 24.0. The Labute approximate surface area is 315 Å². The molecule has 0 aromatic heterocycles. The van der Waals surface area contributed by atoms with E-state index in [0.29, 0.717) is 27.8 Å². The molecule has 0 atom stereocenters. The number of aryl methyl sites for hydroxylation is 2. The molecule has 7 rings (SSSR count). The lowest BCUT2D eigenvalue weighted by Crippen LogP contribution is -2.28. The van der Waals surface area contributed by atoms with Crippen molar-refractivity contribution < 1.29 is 29.6 Å². The van der Waals surface area contributed by atoms with Crippen LogP contribution in [0.25, 0.3) is 22.3 Å². The highest BCUT2D eigenvalue weighted by atomic mass is 17.1. The molecule has 0 fully saturated rings. The molecular weight excluding hydrogens is 677 g/mol. The Bertz CT molecular complexity index is 2320. The Morgan fingerprint density at radius 3 is 1.67 bits per heavy atom. The van der Waals surface area contributed by atoms with Crippen molar-refractivity contribution >= 4 is 23.3 Å². The second-order valence-corrected chi connectivity index (χ2v) is 13.3. The number of benzene rings is 6. The number of carboxylic acids is 1. The zero-order chi connectivity index (χ0) is 38.6. The average Bonchev–Trinajstić information content (AvgIpc) is 3.49. The van der Waals surface area contributed by atoms with Crippen LogP contribution in [-0.2, 0) is 16.9 Å². The third-order valence-corrected chi connectivity index (χ3v) is 10.2. The van der Waals surface area contributed by atoms with E-state index in [-0.39, 0.29) is 28.9 Å². The van der Waals surface area contributed by atoms with Gasteiger partial charge in [-0.2, -0.15) is 0 Å². The number of amides is 1. The molecule has 6 aromatic carbocycles. The first-order valence-corrected chi connectivity index (χ1v) is 17.6.